The van der Waals surface area contributed by atoms with Gasteiger partial charge in [0.25, 0.3) is 0 Å². The van der Waals surface area contributed by atoms with Crippen molar-refractivity contribution in [3.8, 4) is 11.4 Å². The van der Waals surface area contributed by atoms with Crippen LogP contribution in [0, 0.1) is 0 Å². The summed E-state index contributed by atoms with van der Waals surface area (Å²) in [6.45, 7) is 13.6. The minimum absolute atomic E-state index is 0.131. The van der Waals surface area contributed by atoms with Gasteiger partial charge in [0.2, 0.25) is 0 Å². The minimum Gasteiger partial charge on any atom is -0.347 e. The molecule has 1 aliphatic heterocycles. The van der Waals surface area contributed by atoms with Crippen molar-refractivity contribution < 1.29 is 0 Å². The number of fused-ring (bicyclic) bond motifs is 2. The normalized spacial score (nSPS) is 15.8. The molecule has 2 aromatic heterocycles. The van der Waals surface area contributed by atoms with Gasteiger partial charge in [0.05, 0.1) is 11.0 Å². The summed E-state index contributed by atoms with van der Waals surface area (Å²) in [7, 11) is 0. The summed E-state index contributed by atoms with van der Waals surface area (Å²) in [6, 6.07) is 15.5. The van der Waals surface area contributed by atoms with Crippen LogP contribution in [0.25, 0.3) is 33.3 Å². The number of aromatic amines is 1. The zero-order valence-electron chi connectivity index (χ0n) is 18.9. The summed E-state index contributed by atoms with van der Waals surface area (Å²) in [5.41, 5.74) is 6.02. The lowest BCUT2D eigenvalue weighted by Gasteiger charge is -2.27. The fourth-order valence-electron chi connectivity index (χ4n) is 4.55. The van der Waals surface area contributed by atoms with Crippen LogP contribution < -0.4 is 5.32 Å². The molecule has 31 heavy (non-hydrogen) atoms. The Hall–Kier alpha value is -2.63. The van der Waals surface area contributed by atoms with E-state index in [1.165, 1.54) is 42.5 Å². The minimum atomic E-state index is 0.131. The molecule has 1 saturated heterocycles. The zero-order valence-corrected chi connectivity index (χ0v) is 18.9. The number of aromatic nitrogens is 3. The van der Waals surface area contributed by atoms with Gasteiger partial charge in [-0.2, -0.15) is 0 Å². The number of imidazole rings is 1. The van der Waals surface area contributed by atoms with Crippen molar-refractivity contribution in [3.63, 3.8) is 0 Å². The topological polar surface area (TPSA) is 48.9 Å². The number of hydrogen-bond donors (Lipinski definition) is 2. The van der Waals surface area contributed by atoms with Crippen molar-refractivity contribution in [2.45, 2.75) is 39.2 Å². The van der Waals surface area contributed by atoms with Crippen LogP contribution in [0.5, 0.6) is 0 Å². The third kappa shape index (κ3) is 4.25. The number of hydrogen-bond acceptors (Lipinski definition) is 3. The molecule has 1 aliphatic rings. The first-order valence-electron chi connectivity index (χ1n) is 11.5. The molecule has 3 heterocycles. The first-order chi connectivity index (χ1) is 15.0. The molecule has 2 N–H and O–H groups in total. The number of rotatable bonds is 5. The molecule has 0 unspecified atom stereocenters. The molecule has 0 aliphatic carbocycles. The second-order valence-corrected chi connectivity index (χ2v) is 9.80. The molecule has 0 spiro atoms. The summed E-state index contributed by atoms with van der Waals surface area (Å²) in [6.07, 6.45) is 3.41. The molecule has 5 rings (SSSR count). The molecule has 4 aromatic rings. The molecule has 2 aromatic carbocycles. The van der Waals surface area contributed by atoms with Crippen LogP contribution in [0.3, 0.4) is 0 Å². The van der Waals surface area contributed by atoms with Gasteiger partial charge < -0.3 is 19.8 Å². The molecule has 1 fully saturated rings. The van der Waals surface area contributed by atoms with E-state index in [2.05, 4.69) is 89.2 Å². The van der Waals surface area contributed by atoms with Crippen molar-refractivity contribution in [1.82, 2.24) is 24.8 Å². The Bertz CT molecular complexity index is 1190. The summed E-state index contributed by atoms with van der Waals surface area (Å²) >= 11 is 0. The lowest BCUT2D eigenvalue weighted by molar-refractivity contribution is 0.235. The van der Waals surface area contributed by atoms with Gasteiger partial charge in [0, 0.05) is 55.4 Å². The predicted molar refractivity (Wildman–Crippen MR) is 130 cm³/mol. The molecule has 0 saturated carbocycles. The number of nitrogens with one attached hydrogen (secondary N) is 2. The molecule has 5 heteroatoms. The number of nitrogens with zero attached hydrogens (tertiary/aromatic N) is 3. The van der Waals surface area contributed by atoms with Crippen molar-refractivity contribution >= 4 is 21.9 Å². The Morgan fingerprint density at radius 3 is 2.61 bits per heavy atom. The monoisotopic (exact) mass is 415 g/mol. The first kappa shape index (κ1) is 20.3. The van der Waals surface area contributed by atoms with E-state index in [1.807, 2.05) is 0 Å². The average molecular weight is 416 g/mol. The van der Waals surface area contributed by atoms with Gasteiger partial charge in [-0.1, -0.05) is 26.8 Å². The Labute approximate surface area is 184 Å². The van der Waals surface area contributed by atoms with Crippen LogP contribution in [0.2, 0.25) is 0 Å². The van der Waals surface area contributed by atoms with E-state index in [0.717, 1.165) is 42.1 Å². The largest absolute Gasteiger partial charge is 0.347 e. The third-order valence-corrected chi connectivity index (χ3v) is 6.48. The molecule has 0 bridgehead atoms. The van der Waals surface area contributed by atoms with Gasteiger partial charge in [0.15, 0.2) is 0 Å². The summed E-state index contributed by atoms with van der Waals surface area (Å²) in [5.74, 6) is 0.939. The van der Waals surface area contributed by atoms with Gasteiger partial charge in [-0.05, 0) is 60.3 Å². The maximum absolute atomic E-state index is 4.85. The van der Waals surface area contributed by atoms with E-state index >= 15 is 0 Å². The molecule has 0 radical (unpaired) electrons. The van der Waals surface area contributed by atoms with Crippen molar-refractivity contribution in [3.05, 3.63) is 54.2 Å². The van der Waals surface area contributed by atoms with E-state index in [-0.39, 0.29) is 5.41 Å². The number of piperazine rings is 1. The van der Waals surface area contributed by atoms with E-state index in [1.54, 1.807) is 0 Å². The van der Waals surface area contributed by atoms with Crippen molar-refractivity contribution in [2.24, 2.45) is 0 Å². The average Bonchev–Trinajstić information content (AvgIpc) is 3.37. The summed E-state index contributed by atoms with van der Waals surface area (Å²) in [4.78, 5) is 10.9. The van der Waals surface area contributed by atoms with Gasteiger partial charge in [-0.15, -0.1) is 0 Å². The Balaban J connectivity index is 1.34. The summed E-state index contributed by atoms with van der Waals surface area (Å²) in [5, 5.41) is 4.70. The van der Waals surface area contributed by atoms with Crippen molar-refractivity contribution in [1.29, 1.82) is 0 Å². The van der Waals surface area contributed by atoms with Crippen molar-refractivity contribution in [2.75, 3.05) is 32.7 Å². The fraction of sp³-hybridized carbons (Fsp3) is 0.423. The summed E-state index contributed by atoms with van der Waals surface area (Å²) < 4.78 is 2.38. The predicted octanol–water partition coefficient (Wildman–Crippen LogP) is 4.78. The van der Waals surface area contributed by atoms with Crippen LogP contribution in [0.4, 0.5) is 0 Å². The number of benzene rings is 2. The van der Waals surface area contributed by atoms with Crippen LogP contribution in [0.1, 0.15) is 32.8 Å². The number of aryl methyl sites for hydroxylation is 1. The van der Waals surface area contributed by atoms with Gasteiger partial charge in [-0.3, -0.25) is 0 Å². The van der Waals surface area contributed by atoms with E-state index in [9.17, 15) is 0 Å². The maximum atomic E-state index is 4.85. The molecular weight excluding hydrogens is 382 g/mol. The molecule has 5 nitrogen and oxygen atoms in total. The third-order valence-electron chi connectivity index (χ3n) is 6.48. The lowest BCUT2D eigenvalue weighted by atomic mass is 9.87. The fourth-order valence-corrected chi connectivity index (χ4v) is 4.55. The highest BCUT2D eigenvalue weighted by Gasteiger charge is 2.15. The van der Waals surface area contributed by atoms with Gasteiger partial charge in [0.1, 0.15) is 5.82 Å². The van der Waals surface area contributed by atoms with Crippen LogP contribution in [0.15, 0.2) is 48.7 Å². The van der Waals surface area contributed by atoms with Crippen LogP contribution >= 0.6 is 0 Å². The van der Waals surface area contributed by atoms with E-state index in [0.29, 0.717) is 0 Å². The Morgan fingerprint density at radius 1 is 0.968 bits per heavy atom. The second kappa shape index (κ2) is 8.13. The highest BCUT2D eigenvalue weighted by atomic mass is 15.2. The standard InChI is InChI=1S/C26H33N5/c1-26(2,3)21-6-7-22-23(18-21)29-25(28-22)20-5-8-24-19(17-20)9-14-31(24)13-4-12-30-15-10-27-11-16-30/h5-9,14,17-18,27H,4,10-13,15-16H2,1-3H3,(H,28,29). The Morgan fingerprint density at radius 2 is 1.81 bits per heavy atom. The zero-order chi connectivity index (χ0) is 21.4. The van der Waals surface area contributed by atoms with Crippen LogP contribution in [-0.4, -0.2) is 52.2 Å². The lowest BCUT2D eigenvalue weighted by Crippen LogP contribution is -2.43. The molecular formula is C26H33N5. The van der Waals surface area contributed by atoms with E-state index < -0.39 is 0 Å². The first-order valence-corrected chi connectivity index (χ1v) is 11.5. The smallest absolute Gasteiger partial charge is 0.138 e. The maximum Gasteiger partial charge on any atom is 0.138 e. The second-order valence-electron chi connectivity index (χ2n) is 9.80. The van der Waals surface area contributed by atoms with Crippen LogP contribution in [-0.2, 0) is 12.0 Å². The Kier molecular flexibility index (Phi) is 5.32. The molecule has 162 valence electrons. The molecule has 0 amide bonds. The number of H-pyrrole nitrogens is 1. The van der Waals surface area contributed by atoms with E-state index in [4.69, 9.17) is 4.98 Å². The highest BCUT2D eigenvalue weighted by molar-refractivity contribution is 5.86. The molecule has 0 atom stereocenters. The SMILES string of the molecule is CC(C)(C)c1ccc2nc(-c3ccc4c(ccn4CCCN4CCNCC4)c3)[nH]c2c1. The quantitative estimate of drug-likeness (QED) is 0.493. The highest BCUT2D eigenvalue weighted by Crippen LogP contribution is 2.29. The van der Waals surface area contributed by atoms with Gasteiger partial charge >= 0.3 is 0 Å². The van der Waals surface area contributed by atoms with Gasteiger partial charge in [-0.25, -0.2) is 4.98 Å².